The van der Waals surface area contributed by atoms with Gasteiger partial charge in [-0.25, -0.2) is 0 Å². The normalized spacial score (nSPS) is 17.6. The largest absolute Gasteiger partial charge is 0.756 e. The molecule has 10 nitrogen and oxygen atoms in total. The summed E-state index contributed by atoms with van der Waals surface area (Å²) in [7, 11) is 1.11. The van der Waals surface area contributed by atoms with Crippen molar-refractivity contribution in [2.24, 2.45) is 0 Å². The van der Waals surface area contributed by atoms with E-state index < -0.39 is 32.5 Å². The molecule has 0 radical (unpaired) electrons. The first kappa shape index (κ1) is 52.9. The lowest BCUT2D eigenvalue weighted by atomic mass is 10.1. The summed E-state index contributed by atoms with van der Waals surface area (Å²) in [6.07, 6.45) is 41.7. The Labute approximate surface area is 348 Å². The first-order chi connectivity index (χ1) is 27.5. The van der Waals surface area contributed by atoms with Crippen molar-refractivity contribution in [1.82, 2.24) is 0 Å². The van der Waals surface area contributed by atoms with Crippen LogP contribution in [0, 0.1) is 0 Å². The summed E-state index contributed by atoms with van der Waals surface area (Å²) in [6.45, 7) is 4.10. The number of phosphoric acid groups is 1. The van der Waals surface area contributed by atoms with E-state index in [1.54, 1.807) is 0 Å². The summed E-state index contributed by atoms with van der Waals surface area (Å²) >= 11 is 0. The third-order valence-corrected chi connectivity index (χ3v) is 10.7. The Bertz CT molecular complexity index is 1180. The van der Waals surface area contributed by atoms with Gasteiger partial charge in [0.1, 0.15) is 19.8 Å². The highest BCUT2D eigenvalue weighted by atomic mass is 31.2. The van der Waals surface area contributed by atoms with Crippen molar-refractivity contribution in [1.29, 1.82) is 0 Å². The Morgan fingerprint density at radius 1 is 0.649 bits per heavy atom. The quantitative estimate of drug-likeness (QED) is 0.0149. The Balaban J connectivity index is 2.32. The maximum Gasteiger partial charge on any atom is 0.306 e. The summed E-state index contributed by atoms with van der Waals surface area (Å²) in [5, 5.41) is 0. The molecule has 1 heterocycles. The Morgan fingerprint density at radius 2 is 1.19 bits per heavy atom. The average molecular weight is 824 g/mol. The molecule has 0 aliphatic carbocycles. The predicted octanol–water partition coefficient (Wildman–Crippen LogP) is 11.0. The van der Waals surface area contributed by atoms with Gasteiger partial charge < -0.3 is 32.6 Å². The molecule has 1 aliphatic rings. The number of rotatable bonds is 39. The number of phosphoric ester groups is 1. The number of ether oxygens (including phenoxy) is 3. The van der Waals surface area contributed by atoms with Gasteiger partial charge in [0.2, 0.25) is 0 Å². The maximum absolute atomic E-state index is 12.7. The molecule has 0 aromatic carbocycles. The summed E-state index contributed by atoms with van der Waals surface area (Å²) in [4.78, 5) is 37.5. The molecule has 11 heteroatoms. The van der Waals surface area contributed by atoms with E-state index >= 15 is 0 Å². The zero-order valence-corrected chi connectivity index (χ0v) is 37.6. The van der Waals surface area contributed by atoms with Crippen LogP contribution in [0.2, 0.25) is 0 Å². The molecule has 57 heavy (non-hydrogen) atoms. The van der Waals surface area contributed by atoms with Crippen LogP contribution in [0.1, 0.15) is 168 Å². The number of carbonyl (C=O) groups excluding carboxylic acids is 2. The molecule has 0 aromatic heterocycles. The first-order valence-corrected chi connectivity index (χ1v) is 23.9. The molecule has 0 amide bonds. The van der Waals surface area contributed by atoms with Gasteiger partial charge in [0.15, 0.2) is 6.10 Å². The molecular weight excluding hydrogens is 741 g/mol. The van der Waals surface area contributed by atoms with E-state index in [4.69, 9.17) is 23.3 Å². The highest BCUT2D eigenvalue weighted by Crippen LogP contribution is 2.38. The summed E-state index contributed by atoms with van der Waals surface area (Å²) in [5.41, 5.74) is 0. The second-order valence-corrected chi connectivity index (χ2v) is 17.9. The lowest BCUT2D eigenvalue weighted by molar-refractivity contribution is -0.870. The smallest absolute Gasteiger partial charge is 0.306 e. The SMILES string of the molecule is CCCCCCCC/C=C\C/C=C\C/C=C\CCCC(=O)O[C@H](COC(=O)CCCCCCC/C=C\CC1OC1CCCCC)COP(=O)([O-])OCC[N+](C)(C)C. The number of esters is 2. The number of hydrogen-bond acceptors (Lipinski definition) is 9. The number of allylic oxidation sites excluding steroid dienone is 7. The van der Waals surface area contributed by atoms with E-state index in [2.05, 4.69) is 56.4 Å². The molecule has 4 atom stereocenters. The second kappa shape index (κ2) is 34.8. The van der Waals surface area contributed by atoms with Gasteiger partial charge in [-0.1, -0.05) is 133 Å². The number of quaternary nitrogens is 1. The average Bonchev–Trinajstić information content (AvgIpc) is 3.91. The second-order valence-electron chi connectivity index (χ2n) is 16.4. The molecule has 1 fully saturated rings. The van der Waals surface area contributed by atoms with Crippen LogP contribution in [-0.4, -0.2) is 82.2 Å². The molecule has 1 rings (SSSR count). The number of hydrogen-bond donors (Lipinski definition) is 0. The minimum absolute atomic E-state index is 0.0461. The van der Waals surface area contributed by atoms with Crippen molar-refractivity contribution in [3.8, 4) is 0 Å². The van der Waals surface area contributed by atoms with Crippen LogP contribution >= 0.6 is 7.82 Å². The van der Waals surface area contributed by atoms with Crippen molar-refractivity contribution in [3.05, 3.63) is 48.6 Å². The van der Waals surface area contributed by atoms with Crippen LogP contribution in [0.5, 0.6) is 0 Å². The highest BCUT2D eigenvalue weighted by molar-refractivity contribution is 7.45. The summed E-state index contributed by atoms with van der Waals surface area (Å²) in [6, 6.07) is 0. The maximum atomic E-state index is 12.7. The Hall–Kier alpha value is -2.07. The van der Waals surface area contributed by atoms with E-state index in [-0.39, 0.29) is 26.1 Å². The minimum Gasteiger partial charge on any atom is -0.756 e. The number of nitrogens with zero attached hydrogens (tertiary/aromatic N) is 1. The van der Waals surface area contributed by atoms with Gasteiger partial charge in [0.05, 0.1) is 40.0 Å². The van der Waals surface area contributed by atoms with Crippen LogP contribution < -0.4 is 4.89 Å². The molecule has 0 N–H and O–H groups in total. The zero-order chi connectivity index (χ0) is 41.9. The van der Waals surface area contributed by atoms with Gasteiger partial charge >= 0.3 is 11.9 Å². The monoisotopic (exact) mass is 824 g/mol. The van der Waals surface area contributed by atoms with Gasteiger partial charge in [0.25, 0.3) is 7.82 Å². The van der Waals surface area contributed by atoms with Crippen LogP contribution in [0.15, 0.2) is 48.6 Å². The van der Waals surface area contributed by atoms with Gasteiger partial charge in [-0.15, -0.1) is 0 Å². The Kier molecular flexibility index (Phi) is 32.3. The predicted molar refractivity (Wildman–Crippen MR) is 231 cm³/mol. The number of carbonyl (C=O) groups is 2. The molecular formula is C46H82NO9P. The van der Waals surface area contributed by atoms with Crippen LogP contribution in [-0.2, 0) is 37.4 Å². The van der Waals surface area contributed by atoms with Gasteiger partial charge in [0, 0.05) is 12.8 Å². The van der Waals surface area contributed by atoms with Crippen LogP contribution in [0.25, 0.3) is 0 Å². The fourth-order valence-corrected chi connectivity index (χ4v) is 6.82. The fourth-order valence-electron chi connectivity index (χ4n) is 6.09. The lowest BCUT2D eigenvalue weighted by Crippen LogP contribution is -2.37. The van der Waals surface area contributed by atoms with Crippen molar-refractivity contribution >= 4 is 19.8 Å². The zero-order valence-electron chi connectivity index (χ0n) is 36.7. The molecule has 1 saturated heterocycles. The molecule has 0 saturated carbocycles. The Morgan fingerprint density at radius 3 is 1.84 bits per heavy atom. The molecule has 3 unspecified atom stereocenters. The summed E-state index contributed by atoms with van der Waals surface area (Å²) < 4.78 is 39.6. The van der Waals surface area contributed by atoms with E-state index in [0.29, 0.717) is 42.5 Å². The van der Waals surface area contributed by atoms with Crippen molar-refractivity contribution in [2.45, 2.75) is 186 Å². The van der Waals surface area contributed by atoms with Gasteiger partial charge in [-0.05, 0) is 70.6 Å². The molecule has 330 valence electrons. The van der Waals surface area contributed by atoms with Crippen LogP contribution in [0.4, 0.5) is 0 Å². The lowest BCUT2D eigenvalue weighted by Gasteiger charge is -2.28. The van der Waals surface area contributed by atoms with Crippen molar-refractivity contribution < 1.29 is 46.8 Å². The van der Waals surface area contributed by atoms with E-state index in [1.165, 1.54) is 64.2 Å². The highest BCUT2D eigenvalue weighted by Gasteiger charge is 2.36. The number of unbranched alkanes of at least 4 members (excludes halogenated alkanes) is 14. The molecule has 0 bridgehead atoms. The van der Waals surface area contributed by atoms with Gasteiger partial charge in [-0.2, -0.15) is 0 Å². The molecule has 1 aliphatic heterocycles. The number of likely N-dealkylation sites (N-methyl/N-ethyl adjacent to an activating group) is 1. The fraction of sp³-hybridized carbons (Fsp3) is 0.783. The van der Waals surface area contributed by atoms with Crippen molar-refractivity contribution in [3.63, 3.8) is 0 Å². The van der Waals surface area contributed by atoms with E-state index in [0.717, 1.165) is 57.8 Å². The third-order valence-electron chi connectivity index (χ3n) is 9.75. The van der Waals surface area contributed by atoms with E-state index in [1.807, 2.05) is 27.2 Å². The van der Waals surface area contributed by atoms with Crippen molar-refractivity contribution in [2.75, 3.05) is 47.5 Å². The number of epoxide rings is 1. The van der Waals surface area contributed by atoms with E-state index in [9.17, 15) is 19.0 Å². The first-order valence-electron chi connectivity index (χ1n) is 22.5. The minimum atomic E-state index is -4.65. The van der Waals surface area contributed by atoms with Gasteiger partial charge in [-0.3, -0.25) is 14.2 Å². The topological polar surface area (TPSA) is 124 Å². The third kappa shape index (κ3) is 35.6. The molecule has 0 aromatic rings. The summed E-state index contributed by atoms with van der Waals surface area (Å²) in [5.74, 6) is -0.920. The standard InChI is InChI=1S/C46H82NO9P/c1-6-8-10-11-12-13-14-15-16-17-18-19-20-21-26-29-33-37-46(49)55-42(41-54-57(50,51)53-39-38-47(3,4)5)40-52-45(48)36-32-28-25-23-22-24-27-31-35-44-43(56-44)34-30-9-7-2/h15-16,18-19,21,26-27,31,42-44H,6-14,17,20,22-25,28-30,32-41H2,1-5H3/b16-15-,19-18-,26-21-,31-27-/t42-,43?,44?/m1/s1. The molecule has 0 spiro atoms. The van der Waals surface area contributed by atoms with Crippen LogP contribution in [0.3, 0.4) is 0 Å².